The van der Waals surface area contributed by atoms with Gasteiger partial charge in [-0.2, -0.15) is 0 Å². The maximum Gasteiger partial charge on any atom is 0.331 e. The van der Waals surface area contributed by atoms with E-state index in [0.29, 0.717) is 35.6 Å². The number of aromatic nitrogens is 3. The van der Waals surface area contributed by atoms with E-state index in [9.17, 15) is 9.59 Å². The molecular formula is C25H23N3O5. The topological polar surface area (TPSA) is 76.6 Å². The Labute approximate surface area is 189 Å². The molecular weight excluding hydrogens is 422 g/mol. The Morgan fingerprint density at radius 2 is 1.79 bits per heavy atom. The third kappa shape index (κ3) is 2.80. The van der Waals surface area contributed by atoms with Crippen LogP contribution in [0.1, 0.15) is 22.9 Å². The molecule has 0 fully saturated rings. The van der Waals surface area contributed by atoms with E-state index in [1.165, 1.54) is 11.6 Å². The van der Waals surface area contributed by atoms with Crippen molar-refractivity contribution in [2.45, 2.75) is 19.6 Å². The van der Waals surface area contributed by atoms with Crippen molar-refractivity contribution >= 4 is 10.9 Å². The number of aryl methyl sites for hydroxylation is 2. The first kappa shape index (κ1) is 19.9. The Morgan fingerprint density at radius 3 is 2.61 bits per heavy atom. The molecule has 33 heavy (non-hydrogen) atoms. The van der Waals surface area contributed by atoms with Crippen LogP contribution in [0.15, 0.2) is 52.1 Å². The first-order valence-electron chi connectivity index (χ1n) is 10.9. The molecule has 0 unspecified atom stereocenters. The highest BCUT2D eigenvalue weighted by atomic mass is 16.7. The van der Waals surface area contributed by atoms with E-state index in [1.807, 2.05) is 43.3 Å². The molecule has 8 heteroatoms. The fraction of sp³-hybridized carbons (Fsp3) is 0.280. The van der Waals surface area contributed by atoms with Crippen molar-refractivity contribution in [2.75, 3.05) is 13.4 Å². The molecule has 0 saturated carbocycles. The minimum atomic E-state index is -0.466. The van der Waals surface area contributed by atoms with Gasteiger partial charge in [-0.25, -0.2) is 4.79 Å². The van der Waals surface area contributed by atoms with Gasteiger partial charge in [0, 0.05) is 20.6 Å². The molecule has 168 valence electrons. The molecule has 0 saturated heterocycles. The minimum Gasteiger partial charge on any atom is -0.454 e. The zero-order valence-electron chi connectivity index (χ0n) is 18.6. The van der Waals surface area contributed by atoms with E-state index in [-0.39, 0.29) is 18.0 Å². The molecule has 6 rings (SSSR count). The molecule has 1 atom stereocenters. The lowest BCUT2D eigenvalue weighted by Gasteiger charge is -2.28. The molecule has 8 nitrogen and oxygen atoms in total. The number of benzene rings is 2. The normalized spacial score (nSPS) is 16.9. The molecule has 4 aromatic rings. The number of fused-ring (bicyclic) bond motifs is 4. The molecule has 0 spiro atoms. The SMILES string of the molecule is Cc1cccc(-c2c3c(=O)n(C)c(=O)n(C)c3c3n2CCO[C@@H]3c2ccc3c(c2)OCO3)c1. The van der Waals surface area contributed by atoms with Crippen LogP contribution < -0.4 is 20.7 Å². The van der Waals surface area contributed by atoms with Crippen molar-refractivity contribution in [2.24, 2.45) is 14.1 Å². The summed E-state index contributed by atoms with van der Waals surface area (Å²) in [4.78, 5) is 26.4. The summed E-state index contributed by atoms with van der Waals surface area (Å²) in [6, 6.07) is 13.8. The van der Waals surface area contributed by atoms with Crippen LogP contribution in [-0.2, 0) is 25.4 Å². The van der Waals surface area contributed by atoms with E-state index >= 15 is 0 Å². The van der Waals surface area contributed by atoms with Crippen molar-refractivity contribution in [1.82, 2.24) is 13.7 Å². The summed E-state index contributed by atoms with van der Waals surface area (Å²) in [7, 11) is 3.23. The van der Waals surface area contributed by atoms with Crippen LogP contribution >= 0.6 is 0 Å². The summed E-state index contributed by atoms with van der Waals surface area (Å²) in [5.74, 6) is 1.35. The van der Waals surface area contributed by atoms with E-state index in [4.69, 9.17) is 14.2 Å². The highest BCUT2D eigenvalue weighted by molar-refractivity contribution is 5.96. The second-order valence-electron chi connectivity index (χ2n) is 8.55. The number of ether oxygens (including phenoxy) is 3. The van der Waals surface area contributed by atoms with E-state index in [2.05, 4.69) is 10.6 Å². The predicted molar refractivity (Wildman–Crippen MR) is 123 cm³/mol. The molecule has 4 heterocycles. The lowest BCUT2D eigenvalue weighted by molar-refractivity contribution is 0.0477. The van der Waals surface area contributed by atoms with Gasteiger partial charge in [0.15, 0.2) is 11.5 Å². The van der Waals surface area contributed by atoms with E-state index in [1.54, 1.807) is 11.6 Å². The van der Waals surface area contributed by atoms with Crippen LogP contribution in [0.25, 0.3) is 22.2 Å². The number of nitrogens with zero attached hydrogens (tertiary/aromatic N) is 3. The van der Waals surface area contributed by atoms with Gasteiger partial charge >= 0.3 is 5.69 Å². The summed E-state index contributed by atoms with van der Waals surface area (Å²) in [6.45, 7) is 3.26. The van der Waals surface area contributed by atoms with Crippen molar-refractivity contribution in [1.29, 1.82) is 0 Å². The van der Waals surface area contributed by atoms with Gasteiger partial charge in [-0.15, -0.1) is 0 Å². The van der Waals surface area contributed by atoms with Crippen LogP contribution in [0.5, 0.6) is 11.5 Å². The maximum atomic E-state index is 13.5. The van der Waals surface area contributed by atoms with Gasteiger partial charge in [0.05, 0.1) is 28.9 Å². The molecule has 0 aliphatic carbocycles. The average molecular weight is 445 g/mol. The Hall–Kier alpha value is -3.78. The van der Waals surface area contributed by atoms with Crippen LogP contribution in [0.2, 0.25) is 0 Å². The fourth-order valence-corrected chi connectivity index (χ4v) is 5.00. The molecule has 0 radical (unpaired) electrons. The maximum absolute atomic E-state index is 13.5. The van der Waals surface area contributed by atoms with Crippen LogP contribution in [0, 0.1) is 6.92 Å². The lowest BCUT2D eigenvalue weighted by Crippen LogP contribution is -2.37. The van der Waals surface area contributed by atoms with Gasteiger partial charge in [0.25, 0.3) is 5.56 Å². The van der Waals surface area contributed by atoms with Gasteiger partial charge in [-0.3, -0.25) is 13.9 Å². The third-order valence-electron chi connectivity index (χ3n) is 6.54. The first-order chi connectivity index (χ1) is 16.0. The lowest BCUT2D eigenvalue weighted by atomic mass is 10.0. The predicted octanol–water partition coefficient (Wildman–Crippen LogP) is 2.86. The highest BCUT2D eigenvalue weighted by Crippen LogP contribution is 2.43. The summed E-state index contributed by atoms with van der Waals surface area (Å²) >= 11 is 0. The zero-order valence-corrected chi connectivity index (χ0v) is 18.6. The van der Waals surface area contributed by atoms with E-state index in [0.717, 1.165) is 28.1 Å². The molecule has 0 N–H and O–H groups in total. The quantitative estimate of drug-likeness (QED) is 0.474. The minimum absolute atomic E-state index is 0.186. The van der Waals surface area contributed by atoms with Gasteiger partial charge in [-0.05, 0) is 36.2 Å². The fourth-order valence-electron chi connectivity index (χ4n) is 5.00. The molecule has 0 bridgehead atoms. The smallest absolute Gasteiger partial charge is 0.331 e. The average Bonchev–Trinajstić information content (AvgIpc) is 3.43. The van der Waals surface area contributed by atoms with Crippen LogP contribution in [0.3, 0.4) is 0 Å². The first-order valence-corrected chi connectivity index (χ1v) is 10.9. The Kier molecular flexibility index (Phi) is 4.28. The standard InChI is InChI=1S/C25H23N3O5/c1-14-5-4-6-15(11-14)20-19-21(26(2)25(30)27(3)24(19)29)22-23(31-10-9-28(20)22)16-7-8-17-18(12-16)33-13-32-17/h4-8,11-12,23H,9-10,13H2,1-3H3/t23-/m1/s1. The third-order valence-corrected chi connectivity index (χ3v) is 6.54. The Morgan fingerprint density at radius 1 is 0.970 bits per heavy atom. The zero-order chi connectivity index (χ0) is 22.9. The molecule has 2 aliphatic heterocycles. The van der Waals surface area contributed by atoms with Crippen molar-refractivity contribution < 1.29 is 14.2 Å². The summed E-state index contributed by atoms with van der Waals surface area (Å²) < 4.78 is 22.2. The summed E-state index contributed by atoms with van der Waals surface area (Å²) in [5.41, 5.74) is 4.44. The molecule has 2 aromatic carbocycles. The highest BCUT2D eigenvalue weighted by Gasteiger charge is 2.33. The number of hydrogen-bond acceptors (Lipinski definition) is 5. The summed E-state index contributed by atoms with van der Waals surface area (Å²) in [5, 5.41) is 0.524. The second kappa shape index (κ2) is 7.11. The van der Waals surface area contributed by atoms with Gasteiger partial charge < -0.3 is 18.8 Å². The Bertz CT molecular complexity index is 1560. The molecule has 2 aliphatic rings. The molecule has 2 aromatic heterocycles. The Balaban J connectivity index is 1.72. The number of rotatable bonds is 2. The summed E-state index contributed by atoms with van der Waals surface area (Å²) in [6.07, 6.45) is -0.466. The van der Waals surface area contributed by atoms with Crippen LogP contribution in [0.4, 0.5) is 0 Å². The van der Waals surface area contributed by atoms with Crippen molar-refractivity contribution in [3.05, 3.63) is 80.1 Å². The van der Waals surface area contributed by atoms with Crippen molar-refractivity contribution in [3.8, 4) is 22.8 Å². The monoisotopic (exact) mass is 445 g/mol. The van der Waals surface area contributed by atoms with Crippen molar-refractivity contribution in [3.63, 3.8) is 0 Å². The van der Waals surface area contributed by atoms with E-state index < -0.39 is 6.10 Å². The van der Waals surface area contributed by atoms with Gasteiger partial charge in [-0.1, -0.05) is 29.8 Å². The van der Waals surface area contributed by atoms with Crippen LogP contribution in [-0.4, -0.2) is 27.1 Å². The number of hydrogen-bond donors (Lipinski definition) is 0. The van der Waals surface area contributed by atoms with Gasteiger partial charge in [0.2, 0.25) is 6.79 Å². The molecule has 0 amide bonds. The van der Waals surface area contributed by atoms with Gasteiger partial charge in [0.1, 0.15) is 6.10 Å². The largest absolute Gasteiger partial charge is 0.454 e. The second-order valence-corrected chi connectivity index (χ2v) is 8.55.